The molecule has 0 saturated carbocycles. The Labute approximate surface area is 182 Å². The number of benzene rings is 2. The number of rotatable bonds is 7. The van der Waals surface area contributed by atoms with Crippen molar-refractivity contribution >= 4 is 5.91 Å². The lowest BCUT2D eigenvalue weighted by Gasteiger charge is -2.35. The van der Waals surface area contributed by atoms with E-state index in [9.17, 15) is 4.79 Å². The van der Waals surface area contributed by atoms with E-state index in [4.69, 9.17) is 9.26 Å². The second-order valence-electron chi connectivity index (χ2n) is 8.18. The third kappa shape index (κ3) is 5.49. The number of carbonyl (C=O) groups excluding carboxylic acids is 1. The fourth-order valence-electron chi connectivity index (χ4n) is 3.67. The van der Waals surface area contributed by atoms with E-state index in [1.54, 1.807) is 0 Å². The summed E-state index contributed by atoms with van der Waals surface area (Å²) in [5.74, 6) is 2.30. The van der Waals surface area contributed by atoms with E-state index in [2.05, 4.69) is 28.9 Å². The fraction of sp³-hybridized carbons (Fsp3) is 0.375. The van der Waals surface area contributed by atoms with Crippen molar-refractivity contribution in [3.05, 3.63) is 54.6 Å². The minimum absolute atomic E-state index is 0.0256. The van der Waals surface area contributed by atoms with Gasteiger partial charge in [0, 0.05) is 43.9 Å². The molecule has 3 aromatic rings. The molecule has 162 valence electrons. The Hall–Kier alpha value is -3.19. The molecule has 1 amide bonds. The summed E-state index contributed by atoms with van der Waals surface area (Å²) in [6, 6.07) is 17.0. The lowest BCUT2D eigenvalue weighted by Crippen LogP contribution is -2.50. The summed E-state index contributed by atoms with van der Waals surface area (Å²) < 4.78 is 11.1. The van der Waals surface area contributed by atoms with Crippen LogP contribution in [0.3, 0.4) is 0 Å². The number of nitrogens with zero attached hydrogens (tertiary/aromatic N) is 4. The Kier molecular flexibility index (Phi) is 6.62. The molecule has 0 atom stereocenters. The molecule has 0 bridgehead atoms. The van der Waals surface area contributed by atoms with Crippen LogP contribution in [0.4, 0.5) is 0 Å². The van der Waals surface area contributed by atoms with E-state index in [-0.39, 0.29) is 12.5 Å². The normalized spacial score (nSPS) is 14.7. The van der Waals surface area contributed by atoms with E-state index >= 15 is 0 Å². The summed E-state index contributed by atoms with van der Waals surface area (Å²) in [4.78, 5) is 21.2. The van der Waals surface area contributed by atoms with Crippen LogP contribution in [0.25, 0.3) is 22.8 Å². The molecule has 1 fully saturated rings. The van der Waals surface area contributed by atoms with Gasteiger partial charge in [-0.05, 0) is 30.2 Å². The summed E-state index contributed by atoms with van der Waals surface area (Å²) in [5, 5.41) is 4.05. The van der Waals surface area contributed by atoms with Gasteiger partial charge in [0.1, 0.15) is 5.75 Å². The number of hydrogen-bond donors (Lipinski definition) is 0. The highest BCUT2D eigenvalue weighted by atomic mass is 16.5. The van der Waals surface area contributed by atoms with Crippen LogP contribution in [-0.4, -0.2) is 65.2 Å². The first kappa shape index (κ1) is 21.1. The molecule has 1 aliphatic heterocycles. The summed E-state index contributed by atoms with van der Waals surface area (Å²) in [6.07, 6.45) is 0. The molecule has 4 rings (SSSR count). The van der Waals surface area contributed by atoms with Crippen LogP contribution in [0.2, 0.25) is 0 Å². The van der Waals surface area contributed by atoms with Crippen molar-refractivity contribution in [1.29, 1.82) is 0 Å². The molecule has 7 heteroatoms. The highest BCUT2D eigenvalue weighted by Gasteiger charge is 2.21. The first-order valence-corrected chi connectivity index (χ1v) is 10.7. The van der Waals surface area contributed by atoms with Crippen molar-refractivity contribution in [2.45, 2.75) is 13.8 Å². The van der Waals surface area contributed by atoms with Crippen molar-refractivity contribution in [2.75, 3.05) is 39.3 Å². The predicted molar refractivity (Wildman–Crippen MR) is 119 cm³/mol. The third-order valence-corrected chi connectivity index (χ3v) is 5.27. The van der Waals surface area contributed by atoms with Crippen molar-refractivity contribution in [2.24, 2.45) is 5.92 Å². The van der Waals surface area contributed by atoms with Crippen LogP contribution in [0.1, 0.15) is 13.8 Å². The van der Waals surface area contributed by atoms with Crippen LogP contribution < -0.4 is 4.74 Å². The lowest BCUT2D eigenvalue weighted by atomic mass is 10.2. The number of hydrogen-bond acceptors (Lipinski definition) is 6. The molecule has 0 radical (unpaired) electrons. The highest BCUT2D eigenvalue weighted by Crippen LogP contribution is 2.24. The summed E-state index contributed by atoms with van der Waals surface area (Å²) in [6.45, 7) is 8.93. The van der Waals surface area contributed by atoms with Gasteiger partial charge in [0.15, 0.2) is 6.61 Å². The van der Waals surface area contributed by atoms with Gasteiger partial charge in [-0.3, -0.25) is 9.69 Å². The number of piperazine rings is 1. The van der Waals surface area contributed by atoms with Crippen LogP contribution in [0.5, 0.6) is 5.75 Å². The molecule has 1 aliphatic rings. The maximum Gasteiger partial charge on any atom is 0.260 e. The number of carbonyl (C=O) groups is 1. The summed E-state index contributed by atoms with van der Waals surface area (Å²) in [7, 11) is 0. The molecule has 1 saturated heterocycles. The Balaban J connectivity index is 1.28. The van der Waals surface area contributed by atoms with Gasteiger partial charge in [-0.15, -0.1) is 0 Å². The predicted octanol–water partition coefficient (Wildman–Crippen LogP) is 3.58. The van der Waals surface area contributed by atoms with E-state index < -0.39 is 0 Å². The van der Waals surface area contributed by atoms with Crippen LogP contribution >= 0.6 is 0 Å². The SMILES string of the molecule is CC(C)CN1CCN(C(=O)COc2ccc(-c3nc(-c4ccccc4)no3)cc2)CC1. The van der Waals surface area contributed by atoms with E-state index in [1.165, 1.54) is 0 Å². The second kappa shape index (κ2) is 9.75. The molecule has 31 heavy (non-hydrogen) atoms. The molecule has 0 aliphatic carbocycles. The third-order valence-electron chi connectivity index (χ3n) is 5.27. The molecule has 0 spiro atoms. The first-order valence-electron chi connectivity index (χ1n) is 10.7. The van der Waals surface area contributed by atoms with E-state index in [1.807, 2.05) is 59.5 Å². The Morgan fingerprint density at radius 1 is 1.00 bits per heavy atom. The molecule has 0 unspecified atom stereocenters. The van der Waals surface area contributed by atoms with Gasteiger partial charge in [-0.2, -0.15) is 4.98 Å². The second-order valence-corrected chi connectivity index (χ2v) is 8.18. The Bertz CT molecular complexity index is 978. The average Bonchev–Trinajstić information content (AvgIpc) is 3.29. The van der Waals surface area contributed by atoms with Crippen LogP contribution in [0, 0.1) is 5.92 Å². The van der Waals surface area contributed by atoms with Gasteiger partial charge >= 0.3 is 0 Å². The van der Waals surface area contributed by atoms with Crippen molar-refractivity contribution < 1.29 is 14.1 Å². The number of ether oxygens (including phenoxy) is 1. The topological polar surface area (TPSA) is 71.7 Å². The van der Waals surface area contributed by atoms with Crippen molar-refractivity contribution in [1.82, 2.24) is 19.9 Å². The molecule has 2 heterocycles. The van der Waals surface area contributed by atoms with E-state index in [0.29, 0.717) is 23.4 Å². The summed E-state index contributed by atoms with van der Waals surface area (Å²) >= 11 is 0. The van der Waals surface area contributed by atoms with Crippen molar-refractivity contribution in [3.8, 4) is 28.6 Å². The highest BCUT2D eigenvalue weighted by molar-refractivity contribution is 5.78. The minimum atomic E-state index is 0.0256. The van der Waals surface area contributed by atoms with Gasteiger partial charge in [-0.25, -0.2) is 0 Å². The van der Waals surface area contributed by atoms with Gasteiger partial charge in [0.05, 0.1) is 0 Å². The van der Waals surface area contributed by atoms with Crippen molar-refractivity contribution in [3.63, 3.8) is 0 Å². The Morgan fingerprint density at radius 3 is 2.39 bits per heavy atom. The van der Waals surface area contributed by atoms with Gasteiger partial charge in [0.25, 0.3) is 11.8 Å². The summed E-state index contributed by atoms with van der Waals surface area (Å²) in [5.41, 5.74) is 1.70. The molecule has 2 aromatic carbocycles. The molecule has 0 N–H and O–H groups in total. The van der Waals surface area contributed by atoms with Gasteiger partial charge < -0.3 is 14.2 Å². The smallest absolute Gasteiger partial charge is 0.260 e. The maximum atomic E-state index is 12.5. The van der Waals surface area contributed by atoms with Crippen LogP contribution in [0.15, 0.2) is 59.1 Å². The Morgan fingerprint density at radius 2 is 1.71 bits per heavy atom. The molecular weight excluding hydrogens is 392 g/mol. The van der Waals surface area contributed by atoms with Gasteiger partial charge in [-0.1, -0.05) is 49.3 Å². The van der Waals surface area contributed by atoms with E-state index in [0.717, 1.165) is 43.9 Å². The molecule has 1 aromatic heterocycles. The molecular formula is C24H28N4O3. The van der Waals surface area contributed by atoms with Crippen LogP contribution in [-0.2, 0) is 4.79 Å². The minimum Gasteiger partial charge on any atom is -0.484 e. The fourth-order valence-corrected chi connectivity index (χ4v) is 3.67. The first-order chi connectivity index (χ1) is 15.1. The average molecular weight is 421 g/mol. The standard InChI is InChI=1S/C24H28N4O3/c1-18(2)16-27-12-14-28(15-13-27)22(29)17-30-21-10-8-20(9-11-21)24-25-23(26-31-24)19-6-4-3-5-7-19/h3-11,18H,12-17H2,1-2H3. The zero-order chi connectivity index (χ0) is 21.6. The number of aromatic nitrogens is 2. The monoisotopic (exact) mass is 420 g/mol. The van der Waals surface area contributed by atoms with Gasteiger partial charge in [0.2, 0.25) is 5.82 Å². The quantitative estimate of drug-likeness (QED) is 0.582. The zero-order valence-corrected chi connectivity index (χ0v) is 18.0. The zero-order valence-electron chi connectivity index (χ0n) is 18.0. The molecule has 7 nitrogen and oxygen atoms in total. The lowest BCUT2D eigenvalue weighted by molar-refractivity contribution is -0.135. The largest absolute Gasteiger partial charge is 0.484 e. The number of amides is 1. The maximum absolute atomic E-state index is 12.5.